The van der Waals surface area contributed by atoms with E-state index in [2.05, 4.69) is 41.5 Å². The number of fused-ring (bicyclic) bond motifs is 3. The topological polar surface area (TPSA) is 32.3 Å². The molecule has 1 aromatic heterocycles. The van der Waals surface area contributed by atoms with E-state index in [9.17, 15) is 4.79 Å². The van der Waals surface area contributed by atoms with E-state index in [-0.39, 0.29) is 5.91 Å². The summed E-state index contributed by atoms with van der Waals surface area (Å²) in [7, 11) is 3.80. The molecule has 19 heavy (non-hydrogen) atoms. The molecule has 1 N–H and O–H groups in total. The molecule has 4 heteroatoms. The number of anilines is 1. The molecule has 0 fully saturated rings. The Labute approximate surface area is 116 Å². The zero-order valence-corrected chi connectivity index (χ0v) is 11.9. The van der Waals surface area contributed by atoms with Crippen molar-refractivity contribution in [2.24, 2.45) is 0 Å². The number of nitrogens with one attached hydrogen (secondary N) is 1. The van der Waals surface area contributed by atoms with Gasteiger partial charge in [-0.25, -0.2) is 0 Å². The highest BCUT2D eigenvalue weighted by Gasteiger charge is 2.21. The molecule has 1 aliphatic heterocycles. The molecule has 0 atom stereocenters. The molecular formula is C15H16N2OS. The Kier molecular flexibility index (Phi) is 3.03. The van der Waals surface area contributed by atoms with E-state index < -0.39 is 0 Å². The molecule has 2 aromatic rings. The standard InChI is InChI=1S/C15H16N2OS/c1-16-15(18)13-9-10-7-8-17(2)12-6-4-3-5-11(12)14(10)19-13/h3-6,9H,7-8H2,1-2H3,(H,16,18). The smallest absolute Gasteiger partial charge is 0.261 e. The summed E-state index contributed by atoms with van der Waals surface area (Å²) in [6.45, 7) is 0.980. The van der Waals surface area contributed by atoms with E-state index >= 15 is 0 Å². The van der Waals surface area contributed by atoms with Crippen LogP contribution in [0.5, 0.6) is 0 Å². The van der Waals surface area contributed by atoms with Crippen molar-refractivity contribution in [1.82, 2.24) is 5.32 Å². The number of rotatable bonds is 1. The fraction of sp³-hybridized carbons (Fsp3) is 0.267. The number of likely N-dealkylation sites (N-methyl/N-ethyl adjacent to an activating group) is 1. The Bertz CT molecular complexity index is 633. The third-order valence-electron chi connectivity index (χ3n) is 3.54. The van der Waals surface area contributed by atoms with Gasteiger partial charge in [-0.15, -0.1) is 11.3 Å². The molecular weight excluding hydrogens is 256 g/mol. The largest absolute Gasteiger partial charge is 0.374 e. The number of benzene rings is 1. The van der Waals surface area contributed by atoms with Crippen LogP contribution in [0.15, 0.2) is 30.3 Å². The van der Waals surface area contributed by atoms with Crippen LogP contribution in [-0.4, -0.2) is 26.5 Å². The number of para-hydroxylation sites is 1. The first-order chi connectivity index (χ1) is 9.20. The van der Waals surface area contributed by atoms with Gasteiger partial charge in [0.25, 0.3) is 5.91 Å². The lowest BCUT2D eigenvalue weighted by Crippen LogP contribution is -2.19. The SMILES string of the molecule is CNC(=O)c1cc2c(s1)-c1ccccc1N(C)CC2. The molecule has 3 nitrogen and oxygen atoms in total. The van der Waals surface area contributed by atoms with Crippen molar-refractivity contribution in [3.05, 3.63) is 40.8 Å². The van der Waals surface area contributed by atoms with E-state index in [1.54, 1.807) is 18.4 Å². The molecule has 0 aliphatic carbocycles. The van der Waals surface area contributed by atoms with Gasteiger partial charge in [-0.2, -0.15) is 0 Å². The Morgan fingerprint density at radius 3 is 2.95 bits per heavy atom. The molecule has 1 amide bonds. The predicted octanol–water partition coefficient (Wildman–Crippen LogP) is 2.77. The van der Waals surface area contributed by atoms with E-state index in [1.807, 2.05) is 6.07 Å². The fourth-order valence-electron chi connectivity index (χ4n) is 2.48. The van der Waals surface area contributed by atoms with Crippen LogP contribution in [0.25, 0.3) is 10.4 Å². The van der Waals surface area contributed by atoms with Crippen LogP contribution in [0, 0.1) is 0 Å². The molecule has 1 aromatic carbocycles. The van der Waals surface area contributed by atoms with Crippen molar-refractivity contribution in [2.75, 3.05) is 25.5 Å². The van der Waals surface area contributed by atoms with Gasteiger partial charge in [-0.3, -0.25) is 4.79 Å². The van der Waals surface area contributed by atoms with Crippen LogP contribution in [0.1, 0.15) is 15.2 Å². The maximum absolute atomic E-state index is 11.8. The van der Waals surface area contributed by atoms with E-state index in [0.29, 0.717) is 0 Å². The number of carbonyl (C=O) groups excluding carboxylic acids is 1. The average Bonchev–Trinajstić information content (AvgIpc) is 2.83. The van der Waals surface area contributed by atoms with Crippen LogP contribution >= 0.6 is 11.3 Å². The summed E-state index contributed by atoms with van der Waals surface area (Å²) in [5.74, 6) is 0.00362. The normalized spacial score (nSPS) is 13.5. The van der Waals surface area contributed by atoms with Crippen molar-refractivity contribution >= 4 is 22.9 Å². The summed E-state index contributed by atoms with van der Waals surface area (Å²) in [4.78, 5) is 16.1. The molecule has 0 saturated heterocycles. The van der Waals surface area contributed by atoms with Gasteiger partial charge in [-0.1, -0.05) is 18.2 Å². The van der Waals surface area contributed by atoms with Crippen molar-refractivity contribution in [1.29, 1.82) is 0 Å². The van der Waals surface area contributed by atoms with Gasteiger partial charge in [0.2, 0.25) is 0 Å². The highest BCUT2D eigenvalue weighted by Crippen LogP contribution is 2.40. The first-order valence-electron chi connectivity index (χ1n) is 6.36. The molecule has 3 rings (SSSR count). The van der Waals surface area contributed by atoms with Gasteiger partial charge in [-0.05, 0) is 24.1 Å². The maximum atomic E-state index is 11.8. The van der Waals surface area contributed by atoms with E-state index in [1.165, 1.54) is 21.7 Å². The maximum Gasteiger partial charge on any atom is 0.261 e. The zero-order chi connectivity index (χ0) is 13.4. The van der Waals surface area contributed by atoms with Crippen molar-refractivity contribution in [2.45, 2.75) is 6.42 Å². The molecule has 0 saturated carbocycles. The number of hydrogen-bond acceptors (Lipinski definition) is 3. The summed E-state index contributed by atoms with van der Waals surface area (Å²) < 4.78 is 0. The number of hydrogen-bond donors (Lipinski definition) is 1. The van der Waals surface area contributed by atoms with Crippen LogP contribution in [0.3, 0.4) is 0 Å². The molecule has 0 bridgehead atoms. The summed E-state index contributed by atoms with van der Waals surface area (Å²) >= 11 is 1.59. The second-order valence-electron chi connectivity index (χ2n) is 4.73. The first-order valence-corrected chi connectivity index (χ1v) is 7.17. The molecule has 0 spiro atoms. The highest BCUT2D eigenvalue weighted by molar-refractivity contribution is 7.17. The van der Waals surface area contributed by atoms with Crippen LogP contribution < -0.4 is 10.2 Å². The predicted molar refractivity (Wildman–Crippen MR) is 80.1 cm³/mol. The fourth-order valence-corrected chi connectivity index (χ4v) is 3.68. The minimum atomic E-state index is 0.00362. The first kappa shape index (κ1) is 12.2. The summed E-state index contributed by atoms with van der Waals surface area (Å²) in [6, 6.07) is 10.4. The minimum absolute atomic E-state index is 0.00362. The van der Waals surface area contributed by atoms with Gasteiger partial charge in [0.05, 0.1) is 4.88 Å². The average molecular weight is 272 g/mol. The third-order valence-corrected chi connectivity index (χ3v) is 4.75. The highest BCUT2D eigenvalue weighted by atomic mass is 32.1. The minimum Gasteiger partial charge on any atom is -0.374 e. The van der Waals surface area contributed by atoms with Crippen molar-refractivity contribution in [3.63, 3.8) is 0 Å². The molecule has 0 radical (unpaired) electrons. The number of nitrogens with zero attached hydrogens (tertiary/aromatic N) is 1. The summed E-state index contributed by atoms with van der Waals surface area (Å²) in [5, 5.41) is 2.70. The van der Waals surface area contributed by atoms with Crippen molar-refractivity contribution in [3.8, 4) is 10.4 Å². The second-order valence-corrected chi connectivity index (χ2v) is 5.79. The molecule has 98 valence electrons. The zero-order valence-electron chi connectivity index (χ0n) is 11.1. The summed E-state index contributed by atoms with van der Waals surface area (Å²) in [5.41, 5.74) is 3.75. The van der Waals surface area contributed by atoms with E-state index in [4.69, 9.17) is 0 Å². The Morgan fingerprint density at radius 1 is 1.37 bits per heavy atom. The van der Waals surface area contributed by atoms with Gasteiger partial charge >= 0.3 is 0 Å². The number of thiophene rings is 1. The van der Waals surface area contributed by atoms with Crippen LogP contribution in [0.2, 0.25) is 0 Å². The van der Waals surface area contributed by atoms with Gasteiger partial charge in [0, 0.05) is 36.8 Å². The van der Waals surface area contributed by atoms with Crippen molar-refractivity contribution < 1.29 is 4.79 Å². The Balaban J connectivity index is 2.16. The quantitative estimate of drug-likeness (QED) is 0.865. The molecule has 2 heterocycles. The number of amides is 1. The van der Waals surface area contributed by atoms with Crippen LogP contribution in [0.4, 0.5) is 5.69 Å². The van der Waals surface area contributed by atoms with Gasteiger partial charge < -0.3 is 10.2 Å². The lowest BCUT2D eigenvalue weighted by Gasteiger charge is -2.18. The lowest BCUT2D eigenvalue weighted by atomic mass is 10.1. The Morgan fingerprint density at radius 2 is 2.16 bits per heavy atom. The van der Waals surface area contributed by atoms with Gasteiger partial charge in [0.1, 0.15) is 0 Å². The summed E-state index contributed by atoms with van der Waals surface area (Å²) in [6.07, 6.45) is 0.980. The Hall–Kier alpha value is -1.81. The monoisotopic (exact) mass is 272 g/mol. The number of carbonyl (C=O) groups is 1. The molecule has 1 aliphatic rings. The van der Waals surface area contributed by atoms with Crippen LogP contribution in [-0.2, 0) is 6.42 Å². The van der Waals surface area contributed by atoms with Gasteiger partial charge in [0.15, 0.2) is 0 Å². The third kappa shape index (κ3) is 2.02. The van der Waals surface area contributed by atoms with E-state index in [0.717, 1.165) is 17.8 Å². The molecule has 0 unspecified atom stereocenters. The second kappa shape index (κ2) is 4.70. The lowest BCUT2D eigenvalue weighted by molar-refractivity contribution is 0.0967.